The Morgan fingerprint density at radius 3 is 2.83 bits per heavy atom. The Hall–Kier alpha value is -0.820. The predicted octanol–water partition coefficient (Wildman–Crippen LogP) is 1.21. The molecule has 0 unspecified atom stereocenters. The molecule has 1 amide bonds. The Bertz CT molecular complexity index is 253. The van der Waals surface area contributed by atoms with E-state index in [1.807, 2.05) is 0 Å². The zero-order chi connectivity index (χ0) is 13.4. The summed E-state index contributed by atoms with van der Waals surface area (Å²) < 4.78 is 39.5. The summed E-state index contributed by atoms with van der Waals surface area (Å²) in [5.74, 6) is -0.268. The quantitative estimate of drug-likeness (QED) is 0.682. The monoisotopic (exact) mass is 268 g/mol. The molecule has 1 heterocycles. The van der Waals surface area contributed by atoms with Gasteiger partial charge >= 0.3 is 6.18 Å². The van der Waals surface area contributed by atoms with Crippen molar-refractivity contribution in [3.8, 4) is 0 Å². The van der Waals surface area contributed by atoms with Crippen LogP contribution in [-0.4, -0.2) is 44.4 Å². The second-order valence-electron chi connectivity index (χ2n) is 4.35. The minimum absolute atomic E-state index is 0.0336. The molecule has 0 aromatic carbocycles. The highest BCUT2D eigenvalue weighted by molar-refractivity contribution is 5.75. The third-order valence-corrected chi connectivity index (χ3v) is 2.72. The summed E-state index contributed by atoms with van der Waals surface area (Å²) in [6.07, 6.45) is -1.23. The first-order valence-electron chi connectivity index (χ1n) is 6.12. The van der Waals surface area contributed by atoms with Gasteiger partial charge in [0.1, 0.15) is 6.61 Å². The summed E-state index contributed by atoms with van der Waals surface area (Å²) in [7, 11) is 0. The van der Waals surface area contributed by atoms with Gasteiger partial charge in [0.05, 0.1) is 6.61 Å². The molecule has 0 aliphatic carbocycles. The maximum absolute atomic E-state index is 11.7. The number of ether oxygens (including phenoxy) is 1. The lowest BCUT2D eigenvalue weighted by atomic mass is 10.1. The number of carbonyl (C=O) groups excluding carboxylic acids is 1. The van der Waals surface area contributed by atoms with Gasteiger partial charge < -0.3 is 15.4 Å². The van der Waals surface area contributed by atoms with Gasteiger partial charge in [-0.25, -0.2) is 0 Å². The molecule has 1 aliphatic heterocycles. The Morgan fingerprint density at radius 1 is 1.44 bits per heavy atom. The highest BCUT2D eigenvalue weighted by Crippen LogP contribution is 2.14. The molecule has 1 aliphatic rings. The number of amides is 1. The van der Waals surface area contributed by atoms with Gasteiger partial charge in [-0.15, -0.1) is 0 Å². The van der Waals surface area contributed by atoms with Crippen LogP contribution in [0.25, 0.3) is 0 Å². The van der Waals surface area contributed by atoms with Gasteiger partial charge in [-0.2, -0.15) is 13.2 Å². The topological polar surface area (TPSA) is 50.4 Å². The first-order chi connectivity index (χ1) is 8.47. The first kappa shape index (κ1) is 15.2. The van der Waals surface area contributed by atoms with Gasteiger partial charge in [-0.1, -0.05) is 0 Å². The van der Waals surface area contributed by atoms with Crippen molar-refractivity contribution in [3.63, 3.8) is 0 Å². The zero-order valence-electron chi connectivity index (χ0n) is 10.2. The van der Waals surface area contributed by atoms with Crippen molar-refractivity contribution in [2.75, 3.05) is 26.3 Å². The van der Waals surface area contributed by atoms with Gasteiger partial charge in [0, 0.05) is 19.0 Å². The van der Waals surface area contributed by atoms with Crippen LogP contribution in [0.3, 0.4) is 0 Å². The average Bonchev–Trinajstić information content (AvgIpc) is 2.76. The molecule has 18 heavy (non-hydrogen) atoms. The van der Waals surface area contributed by atoms with Crippen molar-refractivity contribution in [2.45, 2.75) is 37.9 Å². The molecular formula is C11H19F3N2O2. The highest BCUT2D eigenvalue weighted by Gasteiger charge is 2.27. The molecule has 0 spiro atoms. The van der Waals surface area contributed by atoms with E-state index in [0.717, 1.165) is 25.8 Å². The average molecular weight is 268 g/mol. The molecule has 106 valence electrons. The number of hydrogen-bond acceptors (Lipinski definition) is 3. The first-order valence-corrected chi connectivity index (χ1v) is 6.12. The van der Waals surface area contributed by atoms with Crippen LogP contribution in [0.2, 0.25) is 0 Å². The molecule has 0 saturated carbocycles. The fraction of sp³-hybridized carbons (Fsp3) is 0.909. The number of rotatable bonds is 7. The van der Waals surface area contributed by atoms with Crippen molar-refractivity contribution in [2.24, 2.45) is 0 Å². The summed E-state index contributed by atoms with van der Waals surface area (Å²) in [4.78, 5) is 11.2. The van der Waals surface area contributed by atoms with Crippen molar-refractivity contribution in [3.05, 3.63) is 0 Å². The van der Waals surface area contributed by atoms with Gasteiger partial charge in [0.15, 0.2) is 0 Å². The largest absolute Gasteiger partial charge is 0.411 e. The van der Waals surface area contributed by atoms with E-state index in [-0.39, 0.29) is 18.9 Å². The van der Waals surface area contributed by atoms with E-state index in [1.165, 1.54) is 0 Å². The third-order valence-electron chi connectivity index (χ3n) is 2.72. The Balaban J connectivity index is 1.93. The van der Waals surface area contributed by atoms with Crippen LogP contribution in [0.1, 0.15) is 25.7 Å². The van der Waals surface area contributed by atoms with Gasteiger partial charge in [0.25, 0.3) is 0 Å². The summed E-state index contributed by atoms with van der Waals surface area (Å²) in [5, 5.41) is 5.97. The van der Waals surface area contributed by atoms with Crippen LogP contribution in [0.15, 0.2) is 0 Å². The zero-order valence-corrected chi connectivity index (χ0v) is 10.2. The van der Waals surface area contributed by atoms with Gasteiger partial charge in [-0.3, -0.25) is 4.79 Å². The molecule has 1 saturated heterocycles. The summed E-state index contributed by atoms with van der Waals surface area (Å²) in [6.45, 7) is 0.0684. The van der Waals surface area contributed by atoms with Crippen molar-refractivity contribution in [1.29, 1.82) is 0 Å². The molecule has 0 radical (unpaired) electrons. The summed E-state index contributed by atoms with van der Waals surface area (Å²) >= 11 is 0. The third kappa shape index (κ3) is 7.50. The molecule has 0 aromatic heterocycles. The fourth-order valence-corrected chi connectivity index (χ4v) is 1.83. The van der Waals surface area contributed by atoms with Crippen LogP contribution >= 0.6 is 0 Å². The van der Waals surface area contributed by atoms with E-state index in [1.54, 1.807) is 0 Å². The summed E-state index contributed by atoms with van der Waals surface area (Å²) in [6, 6.07) is 0.451. The summed E-state index contributed by atoms with van der Waals surface area (Å²) in [5.41, 5.74) is 0. The van der Waals surface area contributed by atoms with Crippen LogP contribution in [-0.2, 0) is 9.53 Å². The van der Waals surface area contributed by atoms with E-state index in [0.29, 0.717) is 12.6 Å². The van der Waals surface area contributed by atoms with E-state index in [9.17, 15) is 18.0 Å². The minimum atomic E-state index is -4.33. The molecule has 0 bridgehead atoms. The Morgan fingerprint density at radius 2 is 2.22 bits per heavy atom. The lowest BCUT2D eigenvalue weighted by molar-refractivity contribution is -0.174. The maximum atomic E-state index is 11.7. The molecule has 1 atom stereocenters. The van der Waals surface area contributed by atoms with Crippen LogP contribution in [0, 0.1) is 0 Å². The van der Waals surface area contributed by atoms with Gasteiger partial charge in [-0.05, 0) is 25.8 Å². The lowest BCUT2D eigenvalue weighted by Gasteiger charge is -2.11. The normalized spacial score (nSPS) is 20.1. The molecular weight excluding hydrogens is 249 g/mol. The Kier molecular flexibility index (Phi) is 6.42. The second kappa shape index (κ2) is 7.58. The molecule has 7 heteroatoms. The predicted molar refractivity (Wildman–Crippen MR) is 60.1 cm³/mol. The number of nitrogens with one attached hydrogen (secondary N) is 2. The number of carbonyl (C=O) groups is 1. The van der Waals surface area contributed by atoms with E-state index in [4.69, 9.17) is 0 Å². The highest BCUT2D eigenvalue weighted by atomic mass is 19.4. The van der Waals surface area contributed by atoms with Crippen LogP contribution < -0.4 is 10.6 Å². The lowest BCUT2D eigenvalue weighted by Crippen LogP contribution is -2.31. The number of hydrogen-bond donors (Lipinski definition) is 2. The number of alkyl halides is 3. The van der Waals surface area contributed by atoms with Crippen molar-refractivity contribution in [1.82, 2.24) is 10.6 Å². The van der Waals surface area contributed by atoms with E-state index < -0.39 is 12.8 Å². The number of halogens is 3. The fourth-order valence-electron chi connectivity index (χ4n) is 1.83. The van der Waals surface area contributed by atoms with E-state index in [2.05, 4.69) is 15.4 Å². The SMILES string of the molecule is O=C(CCOCC(F)(F)F)NCC[C@H]1CCCN1. The molecule has 1 rings (SSSR count). The van der Waals surface area contributed by atoms with Gasteiger partial charge in [0.2, 0.25) is 5.91 Å². The smallest absolute Gasteiger partial charge is 0.372 e. The molecule has 2 N–H and O–H groups in total. The van der Waals surface area contributed by atoms with E-state index >= 15 is 0 Å². The Labute approximate surface area is 104 Å². The molecule has 0 aromatic rings. The molecule has 1 fully saturated rings. The van der Waals surface area contributed by atoms with Crippen LogP contribution in [0.5, 0.6) is 0 Å². The molecule has 4 nitrogen and oxygen atoms in total. The maximum Gasteiger partial charge on any atom is 0.411 e. The van der Waals surface area contributed by atoms with Crippen molar-refractivity contribution < 1.29 is 22.7 Å². The minimum Gasteiger partial charge on any atom is -0.372 e. The van der Waals surface area contributed by atoms with Crippen LogP contribution in [0.4, 0.5) is 13.2 Å². The van der Waals surface area contributed by atoms with Crippen molar-refractivity contribution >= 4 is 5.91 Å². The second-order valence-corrected chi connectivity index (χ2v) is 4.35. The standard InChI is InChI=1S/C11H19F3N2O2/c12-11(13,14)8-18-7-4-10(17)16-6-3-9-2-1-5-15-9/h9,15H,1-8H2,(H,16,17)/t9-/m1/s1.